The number of pyridine rings is 2. The van der Waals surface area contributed by atoms with Crippen molar-refractivity contribution in [1.29, 1.82) is 0 Å². The van der Waals surface area contributed by atoms with Gasteiger partial charge < -0.3 is 24.4 Å². The third-order valence-electron chi connectivity index (χ3n) is 7.65. The SMILES string of the molecule is Cc1c(N2CCc3cnc(Nc4ccnc(C5CCOCC5)c4)nc3C2)cnc2c1N(C(=O)OC(C)(C)C)CCO2. The predicted octanol–water partition coefficient (Wildman–Crippen LogP) is 4.91. The van der Waals surface area contributed by atoms with Gasteiger partial charge in [0, 0.05) is 55.0 Å². The van der Waals surface area contributed by atoms with Crippen molar-refractivity contribution in [1.82, 2.24) is 19.9 Å². The van der Waals surface area contributed by atoms with Crippen LogP contribution in [-0.2, 0) is 22.4 Å². The number of amides is 1. The van der Waals surface area contributed by atoms with E-state index in [0.717, 1.165) is 72.9 Å². The van der Waals surface area contributed by atoms with Crippen LogP contribution in [0.3, 0.4) is 0 Å². The number of nitrogens with zero attached hydrogens (tertiary/aromatic N) is 6. The van der Waals surface area contributed by atoms with Crippen LogP contribution in [0.4, 0.5) is 27.8 Å². The summed E-state index contributed by atoms with van der Waals surface area (Å²) >= 11 is 0. The van der Waals surface area contributed by atoms with E-state index in [1.54, 1.807) is 4.90 Å². The average molecular weight is 560 g/mol. The first-order valence-electron chi connectivity index (χ1n) is 14.3. The lowest BCUT2D eigenvalue weighted by molar-refractivity contribution is 0.0566. The molecular weight excluding hydrogens is 522 g/mol. The Kier molecular flexibility index (Phi) is 7.37. The second-order valence-electron chi connectivity index (χ2n) is 11.7. The van der Waals surface area contributed by atoms with Crippen LogP contribution in [0.1, 0.15) is 62.0 Å². The zero-order valence-corrected chi connectivity index (χ0v) is 24.1. The van der Waals surface area contributed by atoms with Gasteiger partial charge in [-0.25, -0.2) is 19.7 Å². The third-order valence-corrected chi connectivity index (χ3v) is 7.65. The van der Waals surface area contributed by atoms with Crippen LogP contribution in [0.2, 0.25) is 0 Å². The van der Waals surface area contributed by atoms with Gasteiger partial charge in [-0.3, -0.25) is 9.88 Å². The first-order chi connectivity index (χ1) is 19.7. The molecule has 0 atom stereocenters. The van der Waals surface area contributed by atoms with Gasteiger partial charge in [-0.2, -0.15) is 0 Å². The molecule has 6 rings (SSSR count). The van der Waals surface area contributed by atoms with Gasteiger partial charge in [0.15, 0.2) is 0 Å². The number of hydrogen-bond donors (Lipinski definition) is 1. The molecule has 0 unspecified atom stereocenters. The number of aromatic nitrogens is 4. The van der Waals surface area contributed by atoms with E-state index in [4.69, 9.17) is 19.2 Å². The Bertz CT molecular complexity index is 1430. The predicted molar refractivity (Wildman–Crippen MR) is 155 cm³/mol. The molecule has 1 N–H and O–H groups in total. The van der Waals surface area contributed by atoms with Crippen LogP contribution in [0.15, 0.2) is 30.7 Å². The fourth-order valence-corrected chi connectivity index (χ4v) is 5.59. The van der Waals surface area contributed by atoms with E-state index in [0.29, 0.717) is 43.1 Å². The minimum Gasteiger partial charge on any atom is -0.474 e. The number of nitrogens with one attached hydrogen (secondary N) is 1. The highest BCUT2D eigenvalue weighted by Gasteiger charge is 2.33. The van der Waals surface area contributed by atoms with Crippen molar-refractivity contribution in [3.8, 4) is 5.88 Å². The molecule has 0 saturated carbocycles. The fourth-order valence-electron chi connectivity index (χ4n) is 5.59. The zero-order chi connectivity index (χ0) is 28.6. The maximum atomic E-state index is 13.1. The van der Waals surface area contributed by atoms with E-state index in [9.17, 15) is 4.79 Å². The Morgan fingerprint density at radius 3 is 2.73 bits per heavy atom. The Balaban J connectivity index is 1.22. The van der Waals surface area contributed by atoms with Gasteiger partial charge in [-0.05, 0) is 64.7 Å². The molecule has 0 aromatic carbocycles. The summed E-state index contributed by atoms with van der Waals surface area (Å²) in [6.07, 6.45) is 7.96. The molecule has 3 aliphatic heterocycles. The topological polar surface area (TPSA) is 115 Å². The van der Waals surface area contributed by atoms with E-state index in [2.05, 4.69) is 31.2 Å². The van der Waals surface area contributed by atoms with E-state index >= 15 is 0 Å². The Labute approximate surface area is 240 Å². The number of hydrogen-bond acceptors (Lipinski definition) is 10. The number of ether oxygens (including phenoxy) is 3. The van der Waals surface area contributed by atoms with Crippen LogP contribution < -0.4 is 19.9 Å². The summed E-state index contributed by atoms with van der Waals surface area (Å²) < 4.78 is 17.0. The van der Waals surface area contributed by atoms with Gasteiger partial charge >= 0.3 is 6.09 Å². The highest BCUT2D eigenvalue weighted by atomic mass is 16.6. The van der Waals surface area contributed by atoms with Crippen LogP contribution in [-0.4, -0.2) is 64.5 Å². The quantitative estimate of drug-likeness (QED) is 0.473. The Morgan fingerprint density at radius 1 is 1.10 bits per heavy atom. The summed E-state index contributed by atoms with van der Waals surface area (Å²) in [5.41, 5.74) is 6.02. The standard InChI is InChI=1S/C30H37N7O4/c1-19-25(17-32-27-26(19)37(11-14-40-27)29(38)41-30(2,3)4)36-10-6-21-16-33-28(35-24(21)18-36)34-22-5-9-31-23(15-22)20-7-12-39-13-8-20/h5,9,15-17,20H,6-8,10-14,18H2,1-4H3,(H,31,33,34,35). The van der Waals surface area contributed by atoms with Crippen molar-refractivity contribution in [3.63, 3.8) is 0 Å². The van der Waals surface area contributed by atoms with Crippen LogP contribution in [0.25, 0.3) is 0 Å². The van der Waals surface area contributed by atoms with Crippen molar-refractivity contribution >= 4 is 29.1 Å². The van der Waals surface area contributed by atoms with E-state index in [1.165, 1.54) is 0 Å². The third kappa shape index (κ3) is 5.90. The van der Waals surface area contributed by atoms with Crippen LogP contribution >= 0.6 is 0 Å². The van der Waals surface area contributed by atoms with Crippen molar-refractivity contribution in [2.24, 2.45) is 0 Å². The molecule has 0 aliphatic carbocycles. The van der Waals surface area contributed by atoms with Crippen LogP contribution in [0, 0.1) is 6.92 Å². The van der Waals surface area contributed by atoms with Gasteiger partial charge in [-0.1, -0.05) is 0 Å². The minimum atomic E-state index is -0.598. The summed E-state index contributed by atoms with van der Waals surface area (Å²) in [6.45, 7) is 11.3. The molecule has 11 heteroatoms. The highest BCUT2D eigenvalue weighted by Crippen LogP contribution is 2.40. The molecule has 0 radical (unpaired) electrons. The monoisotopic (exact) mass is 559 g/mol. The lowest BCUT2D eigenvalue weighted by atomic mass is 9.96. The number of rotatable bonds is 4. The molecule has 3 aromatic rings. The lowest BCUT2D eigenvalue weighted by Crippen LogP contribution is -2.42. The molecule has 0 spiro atoms. The van der Waals surface area contributed by atoms with Gasteiger partial charge in [-0.15, -0.1) is 0 Å². The maximum absolute atomic E-state index is 13.1. The van der Waals surface area contributed by atoms with Crippen molar-refractivity contribution in [2.75, 3.05) is 48.0 Å². The molecule has 41 heavy (non-hydrogen) atoms. The average Bonchev–Trinajstić information content (AvgIpc) is 2.96. The molecule has 1 amide bonds. The van der Waals surface area contributed by atoms with Gasteiger partial charge in [0.1, 0.15) is 17.9 Å². The Morgan fingerprint density at radius 2 is 1.93 bits per heavy atom. The second kappa shape index (κ2) is 11.1. The normalized spacial score (nSPS) is 17.4. The van der Waals surface area contributed by atoms with Gasteiger partial charge in [0.05, 0.1) is 30.7 Å². The fraction of sp³-hybridized carbons (Fsp3) is 0.500. The molecule has 6 heterocycles. The molecule has 11 nitrogen and oxygen atoms in total. The summed E-state index contributed by atoms with van der Waals surface area (Å²) in [6, 6.07) is 4.03. The first-order valence-corrected chi connectivity index (χ1v) is 14.3. The smallest absolute Gasteiger partial charge is 0.415 e. The van der Waals surface area contributed by atoms with Crippen molar-refractivity contribution in [3.05, 3.63) is 53.2 Å². The lowest BCUT2D eigenvalue weighted by Gasteiger charge is -2.35. The van der Waals surface area contributed by atoms with Crippen molar-refractivity contribution < 1.29 is 19.0 Å². The number of carbonyl (C=O) groups is 1. The largest absolute Gasteiger partial charge is 0.474 e. The molecule has 1 saturated heterocycles. The zero-order valence-electron chi connectivity index (χ0n) is 24.1. The maximum Gasteiger partial charge on any atom is 0.415 e. The van der Waals surface area contributed by atoms with Gasteiger partial charge in [0.2, 0.25) is 11.8 Å². The minimum absolute atomic E-state index is 0.371. The number of fused-ring (bicyclic) bond motifs is 2. The number of carbonyl (C=O) groups excluding carboxylic acids is 1. The van der Waals surface area contributed by atoms with Crippen LogP contribution in [0.5, 0.6) is 5.88 Å². The summed E-state index contributed by atoms with van der Waals surface area (Å²) in [4.78, 5) is 35.6. The van der Waals surface area contributed by atoms with E-state index < -0.39 is 11.7 Å². The molecule has 0 bridgehead atoms. The number of anilines is 4. The molecule has 216 valence electrons. The Hall–Kier alpha value is -3.99. The van der Waals surface area contributed by atoms with Gasteiger partial charge in [0.25, 0.3) is 0 Å². The molecule has 1 fully saturated rings. The molecule has 3 aliphatic rings. The van der Waals surface area contributed by atoms with E-state index in [1.807, 2.05) is 52.4 Å². The second-order valence-corrected chi connectivity index (χ2v) is 11.7. The van der Waals surface area contributed by atoms with E-state index in [-0.39, 0.29) is 0 Å². The summed E-state index contributed by atoms with van der Waals surface area (Å²) in [5, 5.41) is 3.38. The van der Waals surface area contributed by atoms with Crippen molar-refractivity contribution in [2.45, 2.75) is 65.0 Å². The molecule has 3 aromatic heterocycles. The molecular formula is C30H37N7O4. The summed E-state index contributed by atoms with van der Waals surface area (Å²) in [5.74, 6) is 1.42. The first kappa shape index (κ1) is 27.2. The highest BCUT2D eigenvalue weighted by molar-refractivity contribution is 5.92. The summed E-state index contributed by atoms with van der Waals surface area (Å²) in [7, 11) is 0.